The number of aliphatic hydroxyl groups is 9. The van der Waals surface area contributed by atoms with E-state index in [1.807, 2.05) is 0 Å². The van der Waals surface area contributed by atoms with Gasteiger partial charge >= 0.3 is 0 Å². The summed E-state index contributed by atoms with van der Waals surface area (Å²) < 4.78 is 32.3. The molecule has 3 heterocycles. The van der Waals surface area contributed by atoms with Gasteiger partial charge in [-0.3, -0.25) is 0 Å². The molecular weight excluding hydrogens is 468 g/mol. The van der Waals surface area contributed by atoms with Crippen molar-refractivity contribution in [3.8, 4) is 0 Å². The molecule has 0 radical (unpaired) electrons. The van der Waals surface area contributed by atoms with Gasteiger partial charge in [0.15, 0.2) is 18.9 Å². The van der Waals surface area contributed by atoms with Crippen molar-refractivity contribution in [2.24, 2.45) is 0 Å². The first-order chi connectivity index (χ1) is 16.2. The third-order valence-corrected chi connectivity index (χ3v) is 6.19. The van der Waals surface area contributed by atoms with E-state index >= 15 is 0 Å². The summed E-state index contributed by atoms with van der Waals surface area (Å²) in [4.78, 5) is 0. The lowest BCUT2D eigenvalue weighted by Crippen LogP contribution is -2.65. The third-order valence-electron chi connectivity index (χ3n) is 6.19. The molecule has 14 atom stereocenters. The summed E-state index contributed by atoms with van der Waals surface area (Å²) in [7, 11) is 1.23. The molecule has 200 valence electrons. The van der Waals surface area contributed by atoms with Crippen molar-refractivity contribution in [1.82, 2.24) is 0 Å². The highest BCUT2D eigenvalue weighted by molar-refractivity contribution is 4.95. The molecule has 0 spiro atoms. The molecule has 0 aromatic rings. The monoisotopic (exact) mass is 502 g/mol. The zero-order chi connectivity index (χ0) is 25.2. The maximum atomic E-state index is 10.7. The van der Waals surface area contributed by atoms with Crippen molar-refractivity contribution < 1.29 is 74.4 Å². The molecule has 3 fully saturated rings. The summed E-state index contributed by atoms with van der Waals surface area (Å²) in [5, 5.41) is 90.2. The average Bonchev–Trinajstić information content (AvgIpc) is 2.83. The molecule has 0 saturated carbocycles. The summed E-state index contributed by atoms with van der Waals surface area (Å²) in [6, 6.07) is 0. The van der Waals surface area contributed by atoms with Gasteiger partial charge in [-0.15, -0.1) is 0 Å². The van der Waals surface area contributed by atoms with Gasteiger partial charge in [0.2, 0.25) is 0 Å². The highest BCUT2D eigenvalue weighted by atomic mass is 16.8. The molecular formula is C19H34O15. The molecule has 15 nitrogen and oxygen atoms in total. The van der Waals surface area contributed by atoms with Crippen LogP contribution in [0.3, 0.4) is 0 Å². The predicted molar refractivity (Wildman–Crippen MR) is 105 cm³/mol. The van der Waals surface area contributed by atoms with Crippen LogP contribution in [0, 0.1) is 0 Å². The fourth-order valence-corrected chi connectivity index (χ4v) is 4.23. The zero-order valence-electron chi connectivity index (χ0n) is 18.4. The Kier molecular flexibility index (Phi) is 9.95. The van der Waals surface area contributed by atoms with Crippen LogP contribution in [0.15, 0.2) is 0 Å². The van der Waals surface area contributed by atoms with Crippen molar-refractivity contribution in [1.29, 1.82) is 0 Å². The highest BCUT2D eigenvalue weighted by Crippen LogP contribution is 2.32. The summed E-state index contributed by atoms with van der Waals surface area (Å²) in [6.45, 7) is -1.97. The van der Waals surface area contributed by atoms with Gasteiger partial charge in [0.25, 0.3) is 0 Å². The molecule has 0 aromatic heterocycles. The van der Waals surface area contributed by atoms with Crippen LogP contribution >= 0.6 is 0 Å². The summed E-state index contributed by atoms with van der Waals surface area (Å²) in [5.74, 6) is 0. The van der Waals surface area contributed by atoms with Gasteiger partial charge in [0.05, 0.1) is 25.9 Å². The summed E-state index contributed by atoms with van der Waals surface area (Å²) >= 11 is 0. The SMILES string of the molecule is CO[C@@H]1O[C@H](CO)[C@@H](O[C@@H]2O[C@H](CO)[C@@H](O[C@H]3C[C@@H](O)[C@@H](O)[C@@H](CO)O3)[C@H](O)[C@H]2O)[C@H](O)[C@H]1O. The van der Waals surface area contributed by atoms with Crippen LogP contribution in [-0.4, -0.2) is 159 Å². The number of hydrogen-bond acceptors (Lipinski definition) is 15. The lowest BCUT2D eigenvalue weighted by atomic mass is 9.96. The molecule has 3 rings (SSSR count). The molecule has 0 unspecified atom stereocenters. The van der Waals surface area contributed by atoms with Crippen molar-refractivity contribution in [2.45, 2.75) is 92.4 Å². The Morgan fingerprint density at radius 2 is 1.12 bits per heavy atom. The van der Waals surface area contributed by atoms with E-state index in [1.54, 1.807) is 0 Å². The molecule has 0 aromatic carbocycles. The Morgan fingerprint density at radius 3 is 1.65 bits per heavy atom. The summed E-state index contributed by atoms with van der Waals surface area (Å²) in [5.41, 5.74) is 0. The smallest absolute Gasteiger partial charge is 0.187 e. The first kappa shape index (κ1) is 28.0. The maximum absolute atomic E-state index is 10.7. The van der Waals surface area contributed by atoms with Gasteiger partial charge < -0.3 is 74.4 Å². The predicted octanol–water partition coefficient (Wildman–Crippen LogP) is -5.89. The second-order valence-electron chi connectivity index (χ2n) is 8.43. The quantitative estimate of drug-likeness (QED) is 0.150. The van der Waals surface area contributed by atoms with E-state index in [0.717, 1.165) is 0 Å². The Morgan fingerprint density at radius 1 is 0.618 bits per heavy atom. The molecule has 0 bridgehead atoms. The second-order valence-corrected chi connectivity index (χ2v) is 8.43. The lowest BCUT2D eigenvalue weighted by molar-refractivity contribution is -0.371. The van der Waals surface area contributed by atoms with Gasteiger partial charge in [0.1, 0.15) is 61.0 Å². The van der Waals surface area contributed by atoms with E-state index in [9.17, 15) is 46.0 Å². The molecule has 15 heteroatoms. The average molecular weight is 502 g/mol. The van der Waals surface area contributed by atoms with Crippen LogP contribution in [0.5, 0.6) is 0 Å². The van der Waals surface area contributed by atoms with Crippen LogP contribution in [0.2, 0.25) is 0 Å². The first-order valence-electron chi connectivity index (χ1n) is 10.9. The number of methoxy groups -OCH3 is 1. The Balaban J connectivity index is 1.69. The molecule has 0 amide bonds. The Bertz CT molecular complexity index is 623. The molecule has 0 aliphatic carbocycles. The number of rotatable bonds is 8. The fourth-order valence-electron chi connectivity index (χ4n) is 4.23. The standard InChI is InChI=1S/C19H34O15/c1-29-18-14(27)12(25)17(9(5-22)31-18)34-19-15(28)13(26)16(8(4-21)32-19)33-10-2-6(23)11(24)7(3-20)30-10/h6-28H,2-5H2,1H3/t6-,7-,8-,9-,10+,11-,12-,13-,14-,15-,16-,17-,18-,19+/m1/s1. The van der Waals surface area contributed by atoms with Crippen molar-refractivity contribution in [2.75, 3.05) is 26.9 Å². The van der Waals surface area contributed by atoms with Gasteiger partial charge in [-0.2, -0.15) is 0 Å². The van der Waals surface area contributed by atoms with Crippen molar-refractivity contribution >= 4 is 0 Å². The van der Waals surface area contributed by atoms with Crippen LogP contribution in [0.25, 0.3) is 0 Å². The molecule has 3 aliphatic rings. The minimum absolute atomic E-state index is 0.225. The van der Waals surface area contributed by atoms with Crippen LogP contribution < -0.4 is 0 Å². The number of ether oxygens (including phenoxy) is 6. The van der Waals surface area contributed by atoms with Crippen LogP contribution in [0.1, 0.15) is 6.42 Å². The molecule has 9 N–H and O–H groups in total. The van der Waals surface area contributed by atoms with Crippen LogP contribution in [0.4, 0.5) is 0 Å². The highest BCUT2D eigenvalue weighted by Gasteiger charge is 2.52. The molecule has 34 heavy (non-hydrogen) atoms. The minimum atomic E-state index is -1.79. The maximum Gasteiger partial charge on any atom is 0.187 e. The first-order valence-corrected chi connectivity index (χ1v) is 10.9. The minimum Gasteiger partial charge on any atom is -0.394 e. The van der Waals surface area contributed by atoms with E-state index in [1.165, 1.54) is 7.11 Å². The molecule has 3 saturated heterocycles. The van der Waals surface area contributed by atoms with Gasteiger partial charge in [-0.1, -0.05) is 0 Å². The largest absolute Gasteiger partial charge is 0.394 e. The normalized spacial score (nSPS) is 50.3. The van der Waals surface area contributed by atoms with Gasteiger partial charge in [-0.25, -0.2) is 0 Å². The van der Waals surface area contributed by atoms with E-state index in [-0.39, 0.29) is 6.42 Å². The van der Waals surface area contributed by atoms with E-state index in [4.69, 9.17) is 28.4 Å². The fraction of sp³-hybridized carbons (Fsp3) is 1.00. The zero-order valence-corrected chi connectivity index (χ0v) is 18.4. The van der Waals surface area contributed by atoms with E-state index in [0.29, 0.717) is 0 Å². The van der Waals surface area contributed by atoms with Gasteiger partial charge in [-0.05, 0) is 0 Å². The Labute approximate surface area is 194 Å². The Hall–Kier alpha value is -0.600. The van der Waals surface area contributed by atoms with Crippen LogP contribution in [-0.2, 0) is 28.4 Å². The van der Waals surface area contributed by atoms with Crippen molar-refractivity contribution in [3.63, 3.8) is 0 Å². The van der Waals surface area contributed by atoms with Crippen molar-refractivity contribution in [3.05, 3.63) is 0 Å². The van der Waals surface area contributed by atoms with E-state index in [2.05, 4.69) is 0 Å². The van der Waals surface area contributed by atoms with E-state index < -0.39 is 106 Å². The molecule has 3 aliphatic heterocycles. The lowest BCUT2D eigenvalue weighted by Gasteiger charge is -2.47. The third kappa shape index (κ3) is 5.69. The number of aliphatic hydroxyl groups excluding tert-OH is 9. The number of hydrogen-bond donors (Lipinski definition) is 9. The summed E-state index contributed by atoms with van der Waals surface area (Å²) in [6.07, 6.45) is -20.1. The second kappa shape index (κ2) is 12.1. The topological polar surface area (TPSA) is 237 Å². The van der Waals surface area contributed by atoms with Gasteiger partial charge in [0, 0.05) is 13.5 Å².